The van der Waals surface area contributed by atoms with Crippen molar-refractivity contribution in [3.05, 3.63) is 0 Å². The van der Waals surface area contributed by atoms with Gasteiger partial charge in [-0.25, -0.2) is 0 Å². The highest BCUT2D eigenvalue weighted by Crippen LogP contribution is 3.13. The molecule has 24 heteroatoms. The van der Waals surface area contributed by atoms with Crippen LogP contribution in [0.3, 0.4) is 0 Å². The van der Waals surface area contributed by atoms with Crippen LogP contribution in [0.15, 0.2) is 28.5 Å². The van der Waals surface area contributed by atoms with E-state index in [0.717, 1.165) is 0 Å². The molecule has 12 nitrogen and oxygen atoms in total. The van der Waals surface area contributed by atoms with Gasteiger partial charge < -0.3 is 0 Å². The third-order valence-electron chi connectivity index (χ3n) is 9.84. The van der Waals surface area contributed by atoms with E-state index in [2.05, 4.69) is 338 Å². The smallest absolute Gasteiger partial charge is 0.178 e. The second-order valence-electron chi connectivity index (χ2n) is 31.9. The van der Waals surface area contributed by atoms with Gasteiger partial charge in [0.2, 0.25) is 0 Å². The molecule has 7 heterocycles. The minimum Gasteiger partial charge on any atom is -0.258 e. The van der Waals surface area contributed by atoms with Crippen LogP contribution >= 0.6 is 102 Å². The summed E-state index contributed by atoms with van der Waals surface area (Å²) in [4.78, 5) is 0. The molecule has 7 aliphatic heterocycles. The lowest BCUT2D eigenvalue weighted by Crippen LogP contribution is -2.56. The zero-order chi connectivity index (χ0) is 56.9. The molecule has 7 aliphatic rings. The standard InChI is InChI=1S/C48H108N12P6S6/c1-37(2,3)49-61-55(43(19,20)21)62(50-38(4,5)6,56(61)44(22,23)24)69-70-65(53-41(13,14)15)59(47(31,32)33)66(54-42(16,17)18,60(65)48(34,35)36)72-71-64(52-40(10,11)12)57(45(25,26)27)63(68-67-61,51-39(7,8)9)58(64)46(28,29)30/h1-36H3. The Bertz CT molecular complexity index is 1940. The summed E-state index contributed by atoms with van der Waals surface area (Å²) in [5.41, 5.74) is -4.19. The molecule has 0 atom stereocenters. The lowest BCUT2D eigenvalue weighted by Gasteiger charge is -2.71. The Morgan fingerprint density at radius 1 is 0.181 bits per heavy atom. The molecule has 0 saturated carbocycles. The van der Waals surface area contributed by atoms with Crippen molar-refractivity contribution in [3.8, 4) is 0 Å². The second kappa shape index (κ2) is 20.0. The maximum absolute atomic E-state index is 6.34. The van der Waals surface area contributed by atoms with Crippen molar-refractivity contribution >= 4 is 102 Å². The maximum atomic E-state index is 6.34. The summed E-state index contributed by atoms with van der Waals surface area (Å²) < 4.78 is 55.7. The molecular weight excluding hydrogens is 1120 g/mol. The van der Waals surface area contributed by atoms with E-state index >= 15 is 0 Å². The predicted molar refractivity (Wildman–Crippen MR) is 350 cm³/mol. The van der Waals surface area contributed by atoms with Gasteiger partial charge in [0.25, 0.3) is 0 Å². The van der Waals surface area contributed by atoms with Gasteiger partial charge in [-0.2, -0.15) is 26.6 Å². The van der Waals surface area contributed by atoms with Crippen molar-refractivity contribution in [1.82, 2.24) is 26.6 Å². The molecule has 0 aromatic carbocycles. The summed E-state index contributed by atoms with van der Waals surface area (Å²) in [5, 5.41) is 0. The van der Waals surface area contributed by atoms with Crippen LogP contribution in [0.4, 0.5) is 0 Å². The molecule has 0 aliphatic carbocycles. The highest BCUT2D eigenvalue weighted by molar-refractivity contribution is 9.21. The second-order valence-corrected chi connectivity index (χ2v) is 66.4. The van der Waals surface area contributed by atoms with Gasteiger partial charge in [0.15, 0.2) is 39.3 Å². The van der Waals surface area contributed by atoms with Crippen LogP contribution in [0.25, 0.3) is 0 Å². The highest BCUT2D eigenvalue weighted by Gasteiger charge is 2.76. The van der Waals surface area contributed by atoms with E-state index in [4.69, 9.17) is 28.5 Å². The topological polar surface area (TPSA) is 93.6 Å². The van der Waals surface area contributed by atoms with Crippen molar-refractivity contribution in [2.75, 3.05) is 0 Å². The van der Waals surface area contributed by atoms with Gasteiger partial charge in [0, 0.05) is 33.2 Å². The molecule has 7 fully saturated rings. The van der Waals surface area contributed by atoms with Crippen molar-refractivity contribution in [1.29, 1.82) is 0 Å². The Morgan fingerprint density at radius 3 is 0.319 bits per heavy atom. The van der Waals surface area contributed by atoms with Crippen LogP contribution in [0.1, 0.15) is 249 Å². The Labute approximate surface area is 468 Å². The summed E-state index contributed by atoms with van der Waals surface area (Å²) in [7, 11) is 12.4. The molecule has 0 aromatic heterocycles. The van der Waals surface area contributed by atoms with Gasteiger partial charge in [0.05, 0.1) is 33.2 Å². The minimum atomic E-state index is -2.77. The quantitative estimate of drug-likeness (QED) is 0.171. The summed E-state index contributed by atoms with van der Waals surface area (Å²) in [6.45, 7) is 69.0. The molecule has 7 rings (SSSR count). The first kappa shape index (κ1) is 67.7. The van der Waals surface area contributed by atoms with Crippen LogP contribution in [-0.2, 0) is 0 Å². The largest absolute Gasteiger partial charge is 0.258 e. The van der Waals surface area contributed by atoms with Crippen LogP contribution < -0.4 is 0 Å². The van der Waals surface area contributed by atoms with E-state index < -0.39 is 39.3 Å². The fourth-order valence-corrected chi connectivity index (χ4v) is 106. The number of hydrogen-bond acceptors (Lipinski definition) is 12. The summed E-state index contributed by atoms with van der Waals surface area (Å²) in [6.07, 6.45) is 0. The molecule has 0 amide bonds. The summed E-state index contributed by atoms with van der Waals surface area (Å²) in [5.74, 6) is 0. The van der Waals surface area contributed by atoms with Crippen LogP contribution in [0, 0.1) is 0 Å². The van der Waals surface area contributed by atoms with Gasteiger partial charge in [-0.3, -0.25) is 28.5 Å². The Balaban J connectivity index is 2.66. The molecular formula is C48H108N12P6S6. The van der Waals surface area contributed by atoms with Gasteiger partial charge >= 0.3 is 0 Å². The van der Waals surface area contributed by atoms with Crippen LogP contribution in [0.2, 0.25) is 0 Å². The molecule has 7 saturated heterocycles. The van der Waals surface area contributed by atoms with Gasteiger partial charge in [-0.05, 0) is 312 Å². The lowest BCUT2D eigenvalue weighted by molar-refractivity contribution is 0.279. The molecule has 0 N–H and O–H groups in total. The summed E-state index contributed by atoms with van der Waals surface area (Å²) in [6, 6.07) is 0. The Hall–Kier alpha value is 3.24. The predicted octanol–water partition coefficient (Wildman–Crippen LogP) is 24.3. The van der Waals surface area contributed by atoms with Gasteiger partial charge in [0.1, 0.15) is 0 Å². The lowest BCUT2D eigenvalue weighted by atomic mass is 10.1. The van der Waals surface area contributed by atoms with Crippen molar-refractivity contribution in [2.45, 2.75) is 316 Å². The number of rotatable bonds is 0. The Kier molecular flexibility index (Phi) is 18.8. The van der Waals surface area contributed by atoms with E-state index in [-0.39, 0.29) is 66.5 Å². The third kappa shape index (κ3) is 13.5. The molecule has 0 unspecified atom stereocenters. The van der Waals surface area contributed by atoms with Gasteiger partial charge in [-0.1, -0.05) is 0 Å². The maximum Gasteiger partial charge on any atom is 0.178 e. The fourth-order valence-electron chi connectivity index (χ4n) is 9.59. The average molecular weight is 1230 g/mol. The highest BCUT2D eigenvalue weighted by atomic mass is 33.5. The summed E-state index contributed by atoms with van der Waals surface area (Å²) >= 11 is 0. The van der Waals surface area contributed by atoms with E-state index in [1.807, 2.05) is 0 Å². The monoisotopic (exact) mass is 1230 g/mol. The van der Waals surface area contributed by atoms with Crippen LogP contribution in [0.5, 0.6) is 0 Å². The molecule has 72 heavy (non-hydrogen) atoms. The van der Waals surface area contributed by atoms with Crippen molar-refractivity contribution < 1.29 is 0 Å². The molecule has 6 bridgehead atoms. The fraction of sp³-hybridized carbons (Fsp3) is 1.00. The number of nitrogens with zero attached hydrogens (tertiary/aromatic N) is 12. The van der Waals surface area contributed by atoms with Crippen LogP contribution in [-0.4, -0.2) is 93.1 Å². The average Bonchev–Trinajstić information content (AvgIpc) is 2.95. The molecule has 0 aromatic rings. The first-order chi connectivity index (χ1) is 31.1. The normalized spacial score (nSPS) is 32.7. The van der Waals surface area contributed by atoms with E-state index in [1.54, 1.807) is 0 Å². The first-order valence-corrected chi connectivity index (χ1v) is 45.8. The SMILES string of the molecule is CC(C)(C)N=P12SSP3(=NC(C)(C)C)N(C(C)(C)C)P(=NC(C)(C)C)(SSP4(=NC(C)(C)C)N(C(C)(C)C)P(=NC(C)(C)C)(SSP(=NC(C)(C)C)(N1C(C)(C)C)N2C(C)(C)C)N4C(C)(C)C)N3C(C)(C)C. The number of hydrogen-bond donors (Lipinski definition) is 0. The molecule has 426 valence electrons. The minimum absolute atomic E-state index is 0.329. The Morgan fingerprint density at radius 2 is 0.264 bits per heavy atom. The van der Waals surface area contributed by atoms with E-state index in [9.17, 15) is 0 Å². The van der Waals surface area contributed by atoms with E-state index in [1.165, 1.54) is 0 Å². The zero-order valence-electron chi connectivity index (χ0n) is 52.5. The van der Waals surface area contributed by atoms with Gasteiger partial charge in [-0.15, -0.1) is 0 Å². The van der Waals surface area contributed by atoms with Crippen molar-refractivity contribution in [2.24, 2.45) is 28.5 Å². The first-order valence-electron chi connectivity index (χ1n) is 25.9. The van der Waals surface area contributed by atoms with Crippen molar-refractivity contribution in [3.63, 3.8) is 0 Å². The molecule has 0 radical (unpaired) electrons. The third-order valence-corrected chi connectivity index (χ3v) is 72.4. The zero-order valence-corrected chi connectivity index (χ0v) is 62.8. The van der Waals surface area contributed by atoms with E-state index in [0.29, 0.717) is 0 Å². The molecule has 0 spiro atoms.